The molecule has 0 heteroatoms. The molecule has 16 rings (SSSR count). The van der Waals surface area contributed by atoms with Gasteiger partial charge in [-0.2, -0.15) is 0 Å². The smallest absolute Gasteiger partial charge is 0.0297 e. The molecule has 0 amide bonds. The van der Waals surface area contributed by atoms with E-state index in [0.29, 0.717) is 5.41 Å². The van der Waals surface area contributed by atoms with E-state index in [9.17, 15) is 0 Å². The van der Waals surface area contributed by atoms with Gasteiger partial charge in [0.05, 0.1) is 0 Å². The average Bonchev–Trinajstić information content (AvgIpc) is 4.15. The van der Waals surface area contributed by atoms with E-state index >= 15 is 0 Å². The fourth-order valence-corrected chi connectivity index (χ4v) is 19.8. The van der Waals surface area contributed by atoms with Gasteiger partial charge in [-0.05, 0) is 289 Å². The summed E-state index contributed by atoms with van der Waals surface area (Å²) in [6.45, 7) is 29.3. The van der Waals surface area contributed by atoms with Crippen molar-refractivity contribution in [2.45, 2.75) is 269 Å². The minimum Gasteiger partial charge on any atom is -0.0651 e. The zero-order chi connectivity index (χ0) is 45.6. The second kappa shape index (κ2) is 21.2. The molecule has 0 spiro atoms. The Morgan fingerprint density at radius 2 is 0.828 bits per heavy atom. The van der Waals surface area contributed by atoms with Crippen molar-refractivity contribution in [3.8, 4) is 0 Å². The summed E-state index contributed by atoms with van der Waals surface area (Å²) in [4.78, 5) is 0. The van der Waals surface area contributed by atoms with Crippen LogP contribution >= 0.6 is 0 Å². The standard InChI is InChI=1S/2C10H18.4C9H16.C8H14/c1-7-8-4-5-9(6-8)10(7,2)3;1-8-7-9-3-5-10(8,2)6-4-9;1-7-5-8-3-4-9(7,2)6-8;1-6-7(2)9-4-3-8(6)5-9;1-7-6-8-2-4-9(7)5-3-8;1-2-8-5-7-3-4-9(8)6-7;1-6-4-7-2-3-8(6)5-7/h7-9H,4-6H2,1-3H3;8-9H,3-7H2,1-2H3;7-8H,3-6H2,1-2H3;6-9H,3-5H2,1-2H3;2*7-9H,2-6H2,1H3;6-8H,2-5H2,1H3/t7-,8?,9?;8-,9?,10?;7-,8?,9?;6-,7?,8?,9?;7-,8?,9?;;6-,7?,8?/m10000.0/s1. The van der Waals surface area contributed by atoms with E-state index in [-0.39, 0.29) is 0 Å². The highest BCUT2D eigenvalue weighted by atomic mass is 14.6. The van der Waals surface area contributed by atoms with Gasteiger partial charge in [0.1, 0.15) is 0 Å². The van der Waals surface area contributed by atoms with E-state index in [4.69, 9.17) is 0 Å². The van der Waals surface area contributed by atoms with Crippen molar-refractivity contribution in [3.63, 3.8) is 0 Å². The SMILES string of the molecule is CC1C2CCC(C2)[C@H]1C.CCC1CC2CCC1C2.C[C@@H]1C2CCC(C2)C1(C)C.C[C@H]1CC2CCC1(C)C2.C[C@H]1CC2CCC1(C)CC2.C[C@H]1CC2CCC1C2.C[C@H]1CC2CCC1CC2. The topological polar surface area (TPSA) is 0 Å². The highest BCUT2D eigenvalue weighted by molar-refractivity contribution is 5.00. The van der Waals surface area contributed by atoms with Crippen molar-refractivity contribution in [2.75, 3.05) is 0 Å². The second-order valence-corrected chi connectivity index (χ2v) is 29.6. The van der Waals surface area contributed by atoms with Gasteiger partial charge in [-0.25, -0.2) is 0 Å². The van der Waals surface area contributed by atoms with Gasteiger partial charge in [-0.1, -0.05) is 115 Å². The second-order valence-electron chi connectivity index (χ2n) is 29.6. The van der Waals surface area contributed by atoms with Gasteiger partial charge in [-0.3, -0.25) is 0 Å². The van der Waals surface area contributed by atoms with E-state index in [0.717, 1.165) is 129 Å². The van der Waals surface area contributed by atoms with E-state index in [2.05, 4.69) is 83.1 Å². The molecule has 0 nitrogen and oxygen atoms in total. The molecule has 0 aromatic carbocycles. The van der Waals surface area contributed by atoms with Gasteiger partial charge >= 0.3 is 0 Å². The maximum atomic E-state index is 2.49. The first-order chi connectivity index (χ1) is 30.4. The van der Waals surface area contributed by atoms with Crippen LogP contribution in [0.1, 0.15) is 269 Å². The number of hydrogen-bond donors (Lipinski definition) is 0. The van der Waals surface area contributed by atoms with Crippen molar-refractivity contribution in [3.05, 3.63) is 0 Å². The highest BCUT2D eigenvalue weighted by Crippen LogP contribution is 2.60. The first-order valence-electron chi connectivity index (χ1n) is 30.4. The zero-order valence-corrected chi connectivity index (χ0v) is 45.6. The number of rotatable bonds is 1. The van der Waals surface area contributed by atoms with Crippen LogP contribution < -0.4 is 0 Å². The molecule has 18 atom stereocenters. The molecule has 0 aromatic rings. The van der Waals surface area contributed by atoms with Crippen LogP contribution in [0.3, 0.4) is 0 Å². The monoisotopic (exact) mass is 883 g/mol. The third-order valence-electron chi connectivity index (χ3n) is 26.0. The van der Waals surface area contributed by atoms with Crippen molar-refractivity contribution in [2.24, 2.45) is 135 Å². The normalized spacial score (nSPS) is 52.5. The Morgan fingerprint density at radius 3 is 1.08 bits per heavy atom. The fraction of sp³-hybridized carbons (Fsp3) is 1.00. The molecule has 16 aliphatic carbocycles. The molecule has 16 saturated carbocycles. The summed E-state index contributed by atoms with van der Waals surface area (Å²) < 4.78 is 0. The van der Waals surface area contributed by atoms with Gasteiger partial charge < -0.3 is 0 Å². The summed E-state index contributed by atoms with van der Waals surface area (Å²) in [5.74, 6) is 21.8. The first-order valence-corrected chi connectivity index (χ1v) is 30.4. The van der Waals surface area contributed by atoms with Crippen LogP contribution in [0.15, 0.2) is 0 Å². The van der Waals surface area contributed by atoms with E-state index in [1.165, 1.54) is 96.3 Å². The summed E-state index contributed by atoms with van der Waals surface area (Å²) >= 11 is 0. The number of hydrogen-bond acceptors (Lipinski definition) is 0. The average molecular weight is 884 g/mol. The molecule has 0 aliphatic heterocycles. The highest BCUT2D eigenvalue weighted by Gasteiger charge is 2.50. The molecule has 0 aromatic heterocycles. The van der Waals surface area contributed by atoms with Crippen LogP contribution in [0.2, 0.25) is 0 Å². The van der Waals surface area contributed by atoms with E-state index < -0.39 is 0 Å². The van der Waals surface area contributed by atoms with Crippen molar-refractivity contribution >= 4 is 0 Å². The molecular weight excluding hydrogens is 769 g/mol. The zero-order valence-electron chi connectivity index (χ0n) is 45.6. The van der Waals surface area contributed by atoms with Gasteiger partial charge in [0, 0.05) is 0 Å². The summed E-state index contributed by atoms with van der Waals surface area (Å²) in [6, 6.07) is 0. The molecule has 0 heterocycles. The molecule has 370 valence electrons. The maximum absolute atomic E-state index is 2.49. The predicted octanol–water partition coefficient (Wildman–Crippen LogP) is 19.9. The lowest BCUT2D eigenvalue weighted by atomic mass is 9.57. The third kappa shape index (κ3) is 11.3. The van der Waals surface area contributed by atoms with Crippen LogP contribution in [0, 0.1) is 135 Å². The fourth-order valence-electron chi connectivity index (χ4n) is 19.8. The molecule has 14 bridgehead atoms. The van der Waals surface area contributed by atoms with Crippen LogP contribution in [0.5, 0.6) is 0 Å². The third-order valence-corrected chi connectivity index (χ3v) is 26.0. The largest absolute Gasteiger partial charge is 0.0651 e. The molecule has 64 heavy (non-hydrogen) atoms. The Bertz CT molecular complexity index is 1390. The van der Waals surface area contributed by atoms with Gasteiger partial charge in [-0.15, -0.1) is 0 Å². The molecule has 12 unspecified atom stereocenters. The molecule has 0 N–H and O–H groups in total. The minimum atomic E-state index is 0.670. The van der Waals surface area contributed by atoms with Gasteiger partial charge in [0.15, 0.2) is 0 Å². The van der Waals surface area contributed by atoms with Crippen LogP contribution in [0.25, 0.3) is 0 Å². The Labute approximate surface area is 402 Å². The molecule has 16 fully saturated rings. The lowest BCUT2D eigenvalue weighted by Gasteiger charge is -2.49. The van der Waals surface area contributed by atoms with Crippen molar-refractivity contribution < 1.29 is 0 Å². The van der Waals surface area contributed by atoms with E-state index in [1.807, 2.05) is 0 Å². The maximum Gasteiger partial charge on any atom is -0.0297 e. The van der Waals surface area contributed by atoms with Gasteiger partial charge in [0.25, 0.3) is 0 Å². The van der Waals surface area contributed by atoms with Crippen LogP contribution in [-0.4, -0.2) is 0 Å². The summed E-state index contributed by atoms with van der Waals surface area (Å²) in [5, 5.41) is 0. The minimum absolute atomic E-state index is 0.670. The van der Waals surface area contributed by atoms with Crippen molar-refractivity contribution in [1.82, 2.24) is 0 Å². The molecular formula is C64H114. The Hall–Kier alpha value is 0. The molecule has 16 aliphatic rings. The lowest BCUT2D eigenvalue weighted by molar-refractivity contribution is 0.0209. The lowest BCUT2D eigenvalue weighted by Crippen LogP contribution is -2.38. The molecule has 0 saturated heterocycles. The number of fused-ring (bicyclic) bond motifs is 16. The van der Waals surface area contributed by atoms with E-state index in [1.54, 1.807) is 89.9 Å². The van der Waals surface area contributed by atoms with Crippen LogP contribution in [-0.2, 0) is 0 Å². The Kier molecular flexibility index (Phi) is 16.7. The summed E-state index contributed by atoms with van der Waals surface area (Å²) in [5.41, 5.74) is 2.18. The summed E-state index contributed by atoms with van der Waals surface area (Å²) in [7, 11) is 0. The Balaban J connectivity index is 0.000000102. The van der Waals surface area contributed by atoms with Gasteiger partial charge in [0.2, 0.25) is 0 Å². The molecule has 0 radical (unpaired) electrons. The van der Waals surface area contributed by atoms with Crippen LogP contribution in [0.4, 0.5) is 0 Å². The first kappa shape index (κ1) is 50.4. The summed E-state index contributed by atoms with van der Waals surface area (Å²) in [6.07, 6.45) is 44.6. The van der Waals surface area contributed by atoms with Crippen molar-refractivity contribution in [1.29, 1.82) is 0 Å². The predicted molar refractivity (Wildman–Crippen MR) is 279 cm³/mol. The Morgan fingerprint density at radius 1 is 0.359 bits per heavy atom. The quantitative estimate of drug-likeness (QED) is 0.246.